The summed E-state index contributed by atoms with van der Waals surface area (Å²) in [6.07, 6.45) is 3.29. The molecule has 0 radical (unpaired) electrons. The highest BCUT2D eigenvalue weighted by molar-refractivity contribution is 5.94. The molecular formula is C28H24N2O3. The van der Waals surface area contributed by atoms with Gasteiger partial charge in [-0.3, -0.25) is 9.78 Å². The van der Waals surface area contributed by atoms with Crippen molar-refractivity contribution in [3.63, 3.8) is 0 Å². The molecule has 4 aromatic rings. The molecule has 33 heavy (non-hydrogen) atoms. The van der Waals surface area contributed by atoms with Crippen LogP contribution in [-0.4, -0.2) is 29.0 Å². The third kappa shape index (κ3) is 4.72. The van der Waals surface area contributed by atoms with Gasteiger partial charge in [-0.1, -0.05) is 60.7 Å². The zero-order valence-electron chi connectivity index (χ0n) is 18.2. The first-order chi connectivity index (χ1) is 16.3. The van der Waals surface area contributed by atoms with Crippen molar-refractivity contribution in [2.24, 2.45) is 0 Å². The molecule has 3 aromatic carbocycles. The van der Waals surface area contributed by atoms with E-state index >= 15 is 0 Å². The van der Waals surface area contributed by atoms with Crippen molar-refractivity contribution in [2.75, 3.05) is 13.2 Å². The summed E-state index contributed by atoms with van der Waals surface area (Å²) in [4.78, 5) is 19.5. The molecule has 0 saturated heterocycles. The van der Waals surface area contributed by atoms with Crippen LogP contribution in [0.3, 0.4) is 0 Å². The van der Waals surface area contributed by atoms with Gasteiger partial charge in [0.1, 0.15) is 13.2 Å². The molecule has 5 rings (SSSR count). The van der Waals surface area contributed by atoms with Crippen LogP contribution in [0.4, 0.5) is 0 Å². The van der Waals surface area contributed by atoms with Crippen molar-refractivity contribution in [1.82, 2.24) is 9.88 Å². The summed E-state index contributed by atoms with van der Waals surface area (Å²) in [6, 6.07) is 27.8. The van der Waals surface area contributed by atoms with Gasteiger partial charge in [-0.2, -0.15) is 0 Å². The molecule has 164 valence electrons. The van der Waals surface area contributed by atoms with Gasteiger partial charge >= 0.3 is 0 Å². The monoisotopic (exact) mass is 436 g/mol. The van der Waals surface area contributed by atoms with Crippen molar-refractivity contribution in [3.05, 3.63) is 114 Å². The largest absolute Gasteiger partial charge is 0.486 e. The number of carbonyl (C=O) groups excluding carboxylic acids is 1. The number of hydrogen-bond acceptors (Lipinski definition) is 4. The number of hydrogen-bond donors (Lipinski definition) is 0. The van der Waals surface area contributed by atoms with Crippen molar-refractivity contribution < 1.29 is 14.3 Å². The summed E-state index contributed by atoms with van der Waals surface area (Å²) in [5.41, 5.74) is 4.93. The lowest BCUT2D eigenvalue weighted by molar-refractivity contribution is 0.0730. The summed E-state index contributed by atoms with van der Waals surface area (Å²) in [7, 11) is 0. The molecule has 1 aromatic heterocycles. The quantitative estimate of drug-likeness (QED) is 0.408. The van der Waals surface area contributed by atoms with Crippen LogP contribution in [0.25, 0.3) is 11.1 Å². The topological polar surface area (TPSA) is 51.7 Å². The van der Waals surface area contributed by atoms with E-state index < -0.39 is 0 Å². The lowest BCUT2D eigenvalue weighted by Gasteiger charge is -2.25. The van der Waals surface area contributed by atoms with Crippen LogP contribution < -0.4 is 9.47 Å². The maximum Gasteiger partial charge on any atom is 0.254 e. The minimum Gasteiger partial charge on any atom is -0.486 e. The summed E-state index contributed by atoms with van der Waals surface area (Å²) in [5.74, 6) is 1.42. The third-order valence-electron chi connectivity index (χ3n) is 5.66. The number of fused-ring (bicyclic) bond motifs is 1. The van der Waals surface area contributed by atoms with Gasteiger partial charge in [-0.05, 0) is 46.5 Å². The average Bonchev–Trinajstić information content (AvgIpc) is 2.89. The number of rotatable bonds is 6. The van der Waals surface area contributed by atoms with Crippen LogP contribution in [0.2, 0.25) is 0 Å². The molecule has 0 bridgehead atoms. The van der Waals surface area contributed by atoms with E-state index in [0.717, 1.165) is 33.8 Å². The number of pyridine rings is 1. The highest BCUT2D eigenvalue weighted by Crippen LogP contribution is 2.32. The average molecular weight is 437 g/mol. The Bertz CT molecular complexity index is 1240. The smallest absolute Gasteiger partial charge is 0.254 e. The van der Waals surface area contributed by atoms with E-state index in [4.69, 9.17) is 9.47 Å². The molecule has 0 saturated carbocycles. The Balaban J connectivity index is 1.48. The Morgan fingerprint density at radius 1 is 0.788 bits per heavy atom. The molecule has 1 aliphatic rings. The Morgan fingerprint density at radius 2 is 1.52 bits per heavy atom. The molecular weight excluding hydrogens is 412 g/mol. The van der Waals surface area contributed by atoms with Gasteiger partial charge in [-0.25, -0.2) is 0 Å². The van der Waals surface area contributed by atoms with E-state index in [2.05, 4.69) is 29.2 Å². The molecule has 0 fully saturated rings. The molecule has 1 amide bonds. The molecule has 1 aliphatic heterocycles. The summed E-state index contributed by atoms with van der Waals surface area (Å²) < 4.78 is 11.4. The van der Waals surface area contributed by atoms with Crippen LogP contribution in [0.15, 0.2) is 97.3 Å². The van der Waals surface area contributed by atoms with Crippen LogP contribution in [0, 0.1) is 0 Å². The van der Waals surface area contributed by atoms with Gasteiger partial charge in [0, 0.05) is 31.0 Å². The number of carbonyl (C=O) groups is 1. The highest BCUT2D eigenvalue weighted by atomic mass is 16.6. The molecule has 0 unspecified atom stereocenters. The zero-order chi connectivity index (χ0) is 22.5. The van der Waals surface area contributed by atoms with Crippen molar-refractivity contribution in [3.8, 4) is 22.6 Å². The molecule has 0 atom stereocenters. The minimum atomic E-state index is -0.0462. The Kier molecular flexibility index (Phi) is 6.02. The normalized spacial score (nSPS) is 12.2. The van der Waals surface area contributed by atoms with Crippen molar-refractivity contribution >= 4 is 5.91 Å². The number of benzene rings is 3. The predicted molar refractivity (Wildman–Crippen MR) is 127 cm³/mol. The Labute approximate surface area is 193 Å². The van der Waals surface area contributed by atoms with E-state index in [1.807, 2.05) is 53.4 Å². The zero-order valence-corrected chi connectivity index (χ0v) is 18.2. The molecule has 5 nitrogen and oxygen atoms in total. The summed E-state index contributed by atoms with van der Waals surface area (Å²) in [5, 5.41) is 0. The molecule has 2 heterocycles. The second-order valence-electron chi connectivity index (χ2n) is 7.90. The van der Waals surface area contributed by atoms with Gasteiger partial charge in [0.25, 0.3) is 5.91 Å². The maximum atomic E-state index is 13.5. The van der Waals surface area contributed by atoms with Gasteiger partial charge in [0.05, 0.1) is 0 Å². The van der Waals surface area contributed by atoms with E-state index in [1.54, 1.807) is 24.5 Å². The van der Waals surface area contributed by atoms with Crippen LogP contribution in [-0.2, 0) is 13.1 Å². The van der Waals surface area contributed by atoms with E-state index in [9.17, 15) is 4.79 Å². The minimum absolute atomic E-state index is 0.0462. The lowest BCUT2D eigenvalue weighted by Crippen LogP contribution is -2.30. The molecule has 5 heteroatoms. The van der Waals surface area contributed by atoms with Crippen LogP contribution in [0.5, 0.6) is 11.5 Å². The highest BCUT2D eigenvalue weighted by Gasteiger charge is 2.20. The first-order valence-electron chi connectivity index (χ1n) is 11.0. The fourth-order valence-electron chi connectivity index (χ4n) is 4.05. The lowest BCUT2D eigenvalue weighted by atomic mass is 9.99. The van der Waals surface area contributed by atoms with E-state index in [0.29, 0.717) is 31.9 Å². The van der Waals surface area contributed by atoms with Crippen LogP contribution >= 0.6 is 0 Å². The van der Waals surface area contributed by atoms with E-state index in [-0.39, 0.29) is 5.91 Å². The first-order valence-corrected chi connectivity index (χ1v) is 11.0. The number of nitrogens with zero attached hydrogens (tertiary/aromatic N) is 2. The van der Waals surface area contributed by atoms with Gasteiger partial charge < -0.3 is 14.4 Å². The summed E-state index contributed by atoms with van der Waals surface area (Å²) >= 11 is 0. The van der Waals surface area contributed by atoms with E-state index in [1.165, 1.54) is 0 Å². The first kappa shape index (κ1) is 20.8. The molecule has 0 N–H and O–H groups in total. The maximum absolute atomic E-state index is 13.5. The number of ether oxygens (including phenoxy) is 2. The Hall–Kier alpha value is -4.12. The van der Waals surface area contributed by atoms with Gasteiger partial charge in [-0.15, -0.1) is 0 Å². The predicted octanol–water partition coefficient (Wildman–Crippen LogP) is 5.36. The molecule has 0 spiro atoms. The van der Waals surface area contributed by atoms with Crippen molar-refractivity contribution in [1.29, 1.82) is 0 Å². The molecule has 0 aliphatic carbocycles. The van der Waals surface area contributed by atoms with Crippen molar-refractivity contribution in [2.45, 2.75) is 13.1 Å². The summed E-state index contributed by atoms with van der Waals surface area (Å²) in [6.45, 7) is 2.00. The van der Waals surface area contributed by atoms with Gasteiger partial charge in [0.2, 0.25) is 0 Å². The second-order valence-corrected chi connectivity index (χ2v) is 7.90. The SMILES string of the molecule is O=C(c1ccncc1)N(Cc1ccc2c(c1)OCCO2)Cc1ccccc1-c1ccccc1. The standard InChI is InChI=1S/C28H24N2O3/c31-28(23-12-14-29-15-13-23)30(19-21-10-11-26-27(18-21)33-17-16-32-26)20-24-8-4-5-9-25(24)22-6-2-1-3-7-22/h1-15,18H,16-17,19-20H2. The van der Waals surface area contributed by atoms with Crippen LogP contribution in [0.1, 0.15) is 21.5 Å². The fourth-order valence-corrected chi connectivity index (χ4v) is 4.05. The third-order valence-corrected chi connectivity index (χ3v) is 5.66. The Morgan fingerprint density at radius 3 is 2.33 bits per heavy atom. The fraction of sp³-hybridized carbons (Fsp3) is 0.143. The number of aromatic nitrogens is 1. The second kappa shape index (κ2) is 9.57. The van der Waals surface area contributed by atoms with Gasteiger partial charge in [0.15, 0.2) is 11.5 Å². The number of amides is 1.